The Morgan fingerprint density at radius 3 is 2.63 bits per heavy atom. The number of ether oxygens (including phenoxy) is 1. The van der Waals surface area contributed by atoms with E-state index in [0.717, 1.165) is 15.6 Å². The van der Waals surface area contributed by atoms with Gasteiger partial charge < -0.3 is 15.6 Å². The molecule has 0 saturated carbocycles. The van der Waals surface area contributed by atoms with Gasteiger partial charge in [-0.3, -0.25) is 0 Å². The predicted octanol–water partition coefficient (Wildman–Crippen LogP) is 3.02. The quantitative estimate of drug-likeness (QED) is 0.890. The number of benzene rings is 2. The molecule has 0 radical (unpaired) electrons. The van der Waals surface area contributed by atoms with Gasteiger partial charge >= 0.3 is 0 Å². The number of hydrogen-bond donors (Lipinski definition) is 2. The summed E-state index contributed by atoms with van der Waals surface area (Å²) >= 11 is 3.44. The summed E-state index contributed by atoms with van der Waals surface area (Å²) in [6.45, 7) is 0.322. The van der Waals surface area contributed by atoms with Gasteiger partial charge in [0.15, 0.2) is 0 Å². The molecule has 0 aliphatic heterocycles. The van der Waals surface area contributed by atoms with E-state index in [4.69, 9.17) is 10.5 Å². The van der Waals surface area contributed by atoms with Crippen LogP contribution < -0.4 is 10.5 Å². The van der Waals surface area contributed by atoms with E-state index in [2.05, 4.69) is 15.9 Å². The minimum atomic E-state index is -0.231. The van der Waals surface area contributed by atoms with Gasteiger partial charge in [-0.1, -0.05) is 46.3 Å². The fourth-order valence-corrected chi connectivity index (χ4v) is 2.28. The van der Waals surface area contributed by atoms with Crippen LogP contribution in [0.25, 0.3) is 0 Å². The zero-order valence-electron chi connectivity index (χ0n) is 10.4. The number of para-hydroxylation sites is 1. The molecule has 2 rings (SSSR count). The van der Waals surface area contributed by atoms with Crippen LogP contribution in [0.15, 0.2) is 53.0 Å². The van der Waals surface area contributed by atoms with Gasteiger partial charge in [-0.15, -0.1) is 0 Å². The molecule has 0 aliphatic carbocycles. The van der Waals surface area contributed by atoms with Crippen molar-refractivity contribution in [3.8, 4) is 5.75 Å². The van der Waals surface area contributed by atoms with Crippen molar-refractivity contribution in [3.05, 3.63) is 64.1 Å². The predicted molar refractivity (Wildman–Crippen MR) is 78.9 cm³/mol. The molecule has 100 valence electrons. The van der Waals surface area contributed by atoms with Gasteiger partial charge in [0, 0.05) is 16.6 Å². The molecule has 3 N–H and O–H groups in total. The summed E-state index contributed by atoms with van der Waals surface area (Å²) < 4.78 is 6.91. The van der Waals surface area contributed by atoms with Crippen LogP contribution in [0.5, 0.6) is 5.75 Å². The van der Waals surface area contributed by atoms with E-state index in [0.29, 0.717) is 12.3 Å². The van der Waals surface area contributed by atoms with E-state index >= 15 is 0 Å². The van der Waals surface area contributed by atoms with Crippen molar-refractivity contribution in [2.75, 3.05) is 6.54 Å². The molecular weight excluding hydrogens is 306 g/mol. The van der Waals surface area contributed by atoms with E-state index < -0.39 is 0 Å². The molecule has 0 spiro atoms. The molecule has 0 bridgehead atoms. The summed E-state index contributed by atoms with van der Waals surface area (Å²) in [5.74, 6) is 0.667. The highest BCUT2D eigenvalue weighted by Crippen LogP contribution is 2.26. The van der Waals surface area contributed by atoms with Crippen LogP contribution in [0.1, 0.15) is 17.2 Å². The van der Waals surface area contributed by atoms with Gasteiger partial charge in [0.05, 0.1) is 6.61 Å². The molecule has 3 nitrogen and oxygen atoms in total. The molecule has 0 heterocycles. The normalized spacial score (nSPS) is 12.2. The van der Waals surface area contributed by atoms with Gasteiger partial charge in [-0.05, 0) is 23.8 Å². The van der Waals surface area contributed by atoms with Crippen LogP contribution in [-0.2, 0) is 6.61 Å². The van der Waals surface area contributed by atoms with E-state index in [1.54, 1.807) is 0 Å². The minimum absolute atomic E-state index is 0.0497. The van der Waals surface area contributed by atoms with Gasteiger partial charge in [0.1, 0.15) is 11.9 Å². The Hall–Kier alpha value is -1.36. The molecule has 2 aromatic rings. The monoisotopic (exact) mass is 321 g/mol. The van der Waals surface area contributed by atoms with Gasteiger partial charge in [0.2, 0.25) is 0 Å². The number of aliphatic hydroxyl groups excluding tert-OH is 1. The van der Waals surface area contributed by atoms with Crippen molar-refractivity contribution in [2.45, 2.75) is 12.7 Å². The first-order valence-corrected chi connectivity index (χ1v) is 6.85. The second-order valence-corrected chi connectivity index (χ2v) is 5.08. The summed E-state index contributed by atoms with van der Waals surface area (Å²) in [4.78, 5) is 0. The third kappa shape index (κ3) is 3.56. The van der Waals surface area contributed by atoms with Crippen molar-refractivity contribution < 1.29 is 9.84 Å². The lowest BCUT2D eigenvalue weighted by molar-refractivity contribution is 0.203. The first-order valence-electron chi connectivity index (χ1n) is 6.05. The highest BCUT2D eigenvalue weighted by molar-refractivity contribution is 9.10. The average molecular weight is 322 g/mol. The molecular formula is C15H16BrNO2. The Morgan fingerprint density at radius 2 is 1.95 bits per heavy atom. The molecule has 0 aromatic heterocycles. The molecule has 0 aliphatic rings. The molecule has 1 atom stereocenters. The van der Waals surface area contributed by atoms with E-state index in [1.807, 2.05) is 48.5 Å². The largest absolute Gasteiger partial charge is 0.484 e. The maximum atomic E-state index is 9.30. The smallest absolute Gasteiger partial charge is 0.136 e. The first-order chi connectivity index (χ1) is 9.24. The van der Waals surface area contributed by atoms with Crippen molar-refractivity contribution in [2.24, 2.45) is 5.73 Å². The minimum Gasteiger partial charge on any atom is -0.484 e. The van der Waals surface area contributed by atoms with Crippen LogP contribution in [0, 0.1) is 0 Å². The standard InChI is InChI=1S/C15H16BrNO2/c16-13-6-3-5-11(8-13)15(9-17)19-14-7-2-1-4-12(14)10-18/h1-8,15,18H,9-10,17H2. The molecule has 2 aromatic carbocycles. The number of hydrogen-bond acceptors (Lipinski definition) is 3. The Labute approximate surface area is 121 Å². The molecule has 1 unspecified atom stereocenters. The van der Waals surface area contributed by atoms with E-state index in [-0.39, 0.29) is 12.7 Å². The summed E-state index contributed by atoms with van der Waals surface area (Å²) in [5, 5.41) is 9.30. The fourth-order valence-electron chi connectivity index (χ4n) is 1.86. The van der Waals surface area contributed by atoms with Gasteiger partial charge in [-0.2, -0.15) is 0 Å². The fraction of sp³-hybridized carbons (Fsp3) is 0.200. The maximum Gasteiger partial charge on any atom is 0.136 e. The highest BCUT2D eigenvalue weighted by Gasteiger charge is 2.13. The highest BCUT2D eigenvalue weighted by atomic mass is 79.9. The number of nitrogens with two attached hydrogens (primary N) is 1. The topological polar surface area (TPSA) is 55.5 Å². The number of aliphatic hydroxyl groups is 1. The van der Waals surface area contributed by atoms with Gasteiger partial charge in [0.25, 0.3) is 0 Å². The SMILES string of the molecule is NCC(Oc1ccccc1CO)c1cccc(Br)c1. The van der Waals surface area contributed by atoms with Crippen LogP contribution >= 0.6 is 15.9 Å². The second kappa shape index (κ2) is 6.70. The Bertz CT molecular complexity index is 545. The van der Waals surface area contributed by atoms with Crippen LogP contribution in [-0.4, -0.2) is 11.7 Å². The first kappa shape index (κ1) is 14.1. The molecule has 19 heavy (non-hydrogen) atoms. The molecule has 4 heteroatoms. The lowest BCUT2D eigenvalue weighted by Gasteiger charge is -2.19. The Morgan fingerprint density at radius 1 is 1.16 bits per heavy atom. The molecule has 0 saturated heterocycles. The Kier molecular flexibility index (Phi) is 4.96. The third-order valence-corrected chi connectivity index (χ3v) is 3.34. The van der Waals surface area contributed by atoms with Crippen LogP contribution in [0.2, 0.25) is 0 Å². The maximum absolute atomic E-state index is 9.30. The summed E-state index contributed by atoms with van der Waals surface area (Å²) in [6.07, 6.45) is -0.231. The van der Waals surface area contributed by atoms with Crippen molar-refractivity contribution in [3.63, 3.8) is 0 Å². The number of halogens is 1. The van der Waals surface area contributed by atoms with Gasteiger partial charge in [-0.25, -0.2) is 0 Å². The van der Waals surface area contributed by atoms with E-state index in [1.165, 1.54) is 0 Å². The molecule has 0 fully saturated rings. The van der Waals surface area contributed by atoms with Crippen LogP contribution in [0.3, 0.4) is 0 Å². The van der Waals surface area contributed by atoms with Crippen molar-refractivity contribution >= 4 is 15.9 Å². The average Bonchev–Trinajstić information content (AvgIpc) is 2.45. The Balaban J connectivity index is 2.24. The van der Waals surface area contributed by atoms with Crippen molar-refractivity contribution in [1.82, 2.24) is 0 Å². The summed E-state index contributed by atoms with van der Waals surface area (Å²) in [5.41, 5.74) is 7.56. The lowest BCUT2D eigenvalue weighted by Crippen LogP contribution is -2.19. The van der Waals surface area contributed by atoms with Crippen molar-refractivity contribution in [1.29, 1.82) is 0 Å². The molecule has 0 amide bonds. The van der Waals surface area contributed by atoms with E-state index in [9.17, 15) is 5.11 Å². The van der Waals surface area contributed by atoms with Crippen LogP contribution in [0.4, 0.5) is 0 Å². The summed E-state index contributed by atoms with van der Waals surface area (Å²) in [6, 6.07) is 15.3. The number of rotatable bonds is 5. The zero-order valence-corrected chi connectivity index (χ0v) is 12.0. The summed E-state index contributed by atoms with van der Waals surface area (Å²) in [7, 11) is 0. The third-order valence-electron chi connectivity index (χ3n) is 2.85. The lowest BCUT2D eigenvalue weighted by atomic mass is 10.1. The zero-order chi connectivity index (χ0) is 13.7. The second-order valence-electron chi connectivity index (χ2n) is 4.16.